The number of carbonyl (C=O) groups is 1. The fraction of sp³-hybridized carbons (Fsp3) is 0.389. The van der Waals surface area contributed by atoms with Crippen molar-refractivity contribution in [3.8, 4) is 16.2 Å². The second-order valence-electron chi connectivity index (χ2n) is 6.31. The van der Waals surface area contributed by atoms with Crippen LogP contribution in [0.4, 0.5) is 0 Å². The lowest BCUT2D eigenvalue weighted by atomic mass is 10.0. The van der Waals surface area contributed by atoms with Crippen LogP contribution in [0.5, 0.6) is 5.75 Å². The minimum atomic E-state index is 0.0623. The van der Waals surface area contributed by atoms with Crippen molar-refractivity contribution < 1.29 is 9.53 Å². The molecule has 2 heterocycles. The van der Waals surface area contributed by atoms with Gasteiger partial charge in [-0.1, -0.05) is 0 Å². The van der Waals surface area contributed by atoms with Crippen molar-refractivity contribution in [3.63, 3.8) is 0 Å². The number of fused-ring (bicyclic) bond motifs is 2. The van der Waals surface area contributed by atoms with Gasteiger partial charge in [-0.2, -0.15) is 0 Å². The molecule has 1 aromatic carbocycles. The molecule has 1 saturated carbocycles. The van der Waals surface area contributed by atoms with E-state index in [4.69, 9.17) is 4.74 Å². The highest BCUT2D eigenvalue weighted by Crippen LogP contribution is 2.33. The van der Waals surface area contributed by atoms with Crippen molar-refractivity contribution >= 4 is 17.2 Å². The Hall–Kier alpha value is -1.85. The third kappa shape index (κ3) is 2.86. The van der Waals surface area contributed by atoms with E-state index in [0.29, 0.717) is 18.0 Å². The van der Waals surface area contributed by atoms with Gasteiger partial charge in [0.25, 0.3) is 5.91 Å². The SMILES string of the molecule is COc1ccc(-c2ccc(C(=O)NC3CC4CC3CN4)s2)cc1. The first-order chi connectivity index (χ1) is 11.2. The van der Waals surface area contributed by atoms with Gasteiger partial charge in [-0.15, -0.1) is 11.3 Å². The van der Waals surface area contributed by atoms with Gasteiger partial charge in [0.2, 0.25) is 0 Å². The lowest BCUT2D eigenvalue weighted by molar-refractivity contribution is 0.0929. The van der Waals surface area contributed by atoms with E-state index in [1.807, 2.05) is 36.4 Å². The van der Waals surface area contributed by atoms with Gasteiger partial charge in [-0.25, -0.2) is 0 Å². The largest absolute Gasteiger partial charge is 0.497 e. The maximum Gasteiger partial charge on any atom is 0.261 e. The predicted octanol–water partition coefficient (Wildman–Crippen LogP) is 2.90. The molecule has 2 aliphatic rings. The van der Waals surface area contributed by atoms with Crippen LogP contribution in [0.25, 0.3) is 10.4 Å². The van der Waals surface area contributed by atoms with Gasteiger partial charge in [-0.05, 0) is 60.7 Å². The number of piperidine rings is 1. The molecule has 0 spiro atoms. The topological polar surface area (TPSA) is 50.4 Å². The summed E-state index contributed by atoms with van der Waals surface area (Å²) in [6.45, 7) is 1.04. The lowest BCUT2D eigenvalue weighted by Crippen LogP contribution is -2.43. The van der Waals surface area contributed by atoms with Crippen LogP contribution < -0.4 is 15.4 Å². The number of carbonyl (C=O) groups excluding carboxylic acids is 1. The molecule has 2 fully saturated rings. The van der Waals surface area contributed by atoms with E-state index in [1.54, 1.807) is 18.4 Å². The fourth-order valence-electron chi connectivity index (χ4n) is 3.62. The van der Waals surface area contributed by atoms with Gasteiger partial charge in [0, 0.05) is 23.5 Å². The van der Waals surface area contributed by atoms with Crippen molar-refractivity contribution in [1.82, 2.24) is 10.6 Å². The number of ether oxygens (including phenoxy) is 1. The minimum Gasteiger partial charge on any atom is -0.497 e. The Morgan fingerprint density at radius 2 is 2.04 bits per heavy atom. The standard InChI is InChI=1S/C18H20N2O2S/c1-22-14-4-2-11(3-5-14)16-6-7-17(23-16)18(21)20-15-9-13-8-12(15)10-19-13/h2-7,12-13,15,19H,8-10H2,1H3,(H,20,21). The zero-order valence-corrected chi connectivity index (χ0v) is 13.9. The molecule has 2 bridgehead atoms. The first-order valence-electron chi connectivity index (χ1n) is 8.01. The highest BCUT2D eigenvalue weighted by Gasteiger charge is 2.40. The summed E-state index contributed by atoms with van der Waals surface area (Å²) < 4.78 is 5.18. The van der Waals surface area contributed by atoms with Crippen molar-refractivity contribution in [2.75, 3.05) is 13.7 Å². The van der Waals surface area contributed by atoms with Gasteiger partial charge >= 0.3 is 0 Å². The Kier molecular flexibility index (Phi) is 3.83. The quantitative estimate of drug-likeness (QED) is 0.907. The van der Waals surface area contributed by atoms with Gasteiger partial charge < -0.3 is 15.4 Å². The van der Waals surface area contributed by atoms with Crippen molar-refractivity contribution in [1.29, 1.82) is 0 Å². The second kappa shape index (κ2) is 5.98. The molecule has 1 saturated heterocycles. The van der Waals surface area contributed by atoms with Gasteiger partial charge in [0.05, 0.1) is 12.0 Å². The normalized spacial score (nSPS) is 25.5. The Labute approximate surface area is 139 Å². The number of nitrogens with one attached hydrogen (secondary N) is 2. The number of methoxy groups -OCH3 is 1. The smallest absolute Gasteiger partial charge is 0.261 e. The summed E-state index contributed by atoms with van der Waals surface area (Å²) in [5.74, 6) is 1.51. The molecule has 4 nitrogen and oxygen atoms in total. The maximum atomic E-state index is 12.5. The van der Waals surface area contributed by atoms with Crippen molar-refractivity contribution in [2.45, 2.75) is 24.9 Å². The van der Waals surface area contributed by atoms with Gasteiger partial charge in [0.15, 0.2) is 0 Å². The van der Waals surface area contributed by atoms with Crippen LogP contribution in [0.3, 0.4) is 0 Å². The van der Waals surface area contributed by atoms with E-state index in [0.717, 1.165) is 34.0 Å². The number of thiophene rings is 1. The van der Waals surface area contributed by atoms with Crippen LogP contribution in [-0.4, -0.2) is 31.6 Å². The lowest BCUT2D eigenvalue weighted by Gasteiger charge is -2.23. The molecule has 0 radical (unpaired) electrons. The van der Waals surface area contributed by atoms with Crippen LogP contribution in [-0.2, 0) is 0 Å². The molecular weight excluding hydrogens is 308 g/mol. The molecule has 1 aromatic heterocycles. The van der Waals surface area contributed by atoms with E-state index in [-0.39, 0.29) is 5.91 Å². The summed E-state index contributed by atoms with van der Waals surface area (Å²) >= 11 is 1.54. The van der Waals surface area contributed by atoms with Crippen LogP contribution in [0.15, 0.2) is 36.4 Å². The molecule has 23 heavy (non-hydrogen) atoms. The van der Waals surface area contributed by atoms with Crippen LogP contribution in [0, 0.1) is 5.92 Å². The summed E-state index contributed by atoms with van der Waals surface area (Å²) in [5, 5.41) is 6.70. The molecule has 120 valence electrons. The maximum absolute atomic E-state index is 12.5. The van der Waals surface area contributed by atoms with Crippen LogP contribution in [0.2, 0.25) is 0 Å². The Bertz CT molecular complexity index is 710. The van der Waals surface area contributed by atoms with E-state index in [2.05, 4.69) is 10.6 Å². The molecule has 1 aliphatic carbocycles. The predicted molar refractivity (Wildman–Crippen MR) is 92.1 cm³/mol. The monoisotopic (exact) mass is 328 g/mol. The molecule has 4 rings (SSSR count). The van der Waals surface area contributed by atoms with E-state index in [9.17, 15) is 4.79 Å². The summed E-state index contributed by atoms with van der Waals surface area (Å²) in [4.78, 5) is 14.4. The Balaban J connectivity index is 1.45. The number of rotatable bonds is 4. The minimum absolute atomic E-state index is 0.0623. The molecular formula is C18H20N2O2S. The number of hydrogen-bond donors (Lipinski definition) is 2. The highest BCUT2D eigenvalue weighted by atomic mass is 32.1. The molecule has 2 N–H and O–H groups in total. The highest BCUT2D eigenvalue weighted by molar-refractivity contribution is 7.17. The van der Waals surface area contributed by atoms with Crippen LogP contribution in [0.1, 0.15) is 22.5 Å². The van der Waals surface area contributed by atoms with Crippen LogP contribution >= 0.6 is 11.3 Å². The van der Waals surface area contributed by atoms with E-state index < -0.39 is 0 Å². The summed E-state index contributed by atoms with van der Waals surface area (Å²) in [7, 11) is 1.66. The van der Waals surface area contributed by atoms with Crippen molar-refractivity contribution in [3.05, 3.63) is 41.3 Å². The fourth-order valence-corrected chi connectivity index (χ4v) is 4.54. The first-order valence-corrected chi connectivity index (χ1v) is 8.83. The summed E-state index contributed by atoms with van der Waals surface area (Å²) in [6, 6.07) is 12.8. The third-order valence-electron chi connectivity index (χ3n) is 4.88. The third-order valence-corrected chi connectivity index (χ3v) is 6.02. The number of amides is 1. The molecule has 2 aromatic rings. The van der Waals surface area contributed by atoms with Gasteiger partial charge in [-0.3, -0.25) is 4.79 Å². The Morgan fingerprint density at radius 3 is 2.70 bits per heavy atom. The number of benzene rings is 1. The van der Waals surface area contributed by atoms with E-state index >= 15 is 0 Å². The van der Waals surface area contributed by atoms with Crippen molar-refractivity contribution in [2.24, 2.45) is 5.92 Å². The summed E-state index contributed by atoms with van der Waals surface area (Å²) in [5.41, 5.74) is 1.11. The molecule has 5 heteroatoms. The zero-order chi connectivity index (χ0) is 15.8. The molecule has 3 unspecified atom stereocenters. The second-order valence-corrected chi connectivity index (χ2v) is 7.39. The molecule has 1 amide bonds. The molecule has 3 atom stereocenters. The summed E-state index contributed by atoms with van der Waals surface area (Å²) in [6.07, 6.45) is 2.26. The average Bonchev–Trinajstić information content (AvgIpc) is 3.31. The average molecular weight is 328 g/mol. The number of hydrogen-bond acceptors (Lipinski definition) is 4. The Morgan fingerprint density at radius 1 is 1.22 bits per heavy atom. The van der Waals surface area contributed by atoms with E-state index in [1.165, 1.54) is 6.42 Å². The molecule has 1 aliphatic heterocycles. The first kappa shape index (κ1) is 14.7. The van der Waals surface area contributed by atoms with Gasteiger partial charge in [0.1, 0.15) is 5.75 Å². The zero-order valence-electron chi connectivity index (χ0n) is 13.0.